The Morgan fingerprint density at radius 1 is 0.698 bits per heavy atom. The lowest BCUT2D eigenvalue weighted by Gasteiger charge is -2.36. The van der Waals surface area contributed by atoms with Gasteiger partial charge in [0.15, 0.2) is 0 Å². The number of likely N-dealkylation sites (N-methyl/N-ethyl adjacent to an activating group) is 1. The molecule has 0 aromatic heterocycles. The summed E-state index contributed by atoms with van der Waals surface area (Å²) in [6.07, 6.45) is 0.473. The van der Waals surface area contributed by atoms with Crippen LogP contribution in [0.5, 0.6) is 0 Å². The molecule has 4 N–H and O–H groups in total. The Kier molecular flexibility index (Phi) is 12.6. The topological polar surface area (TPSA) is 117 Å². The lowest BCUT2D eigenvalue weighted by atomic mass is 9.84. The number of aliphatic carboxylic acids is 1. The third-order valence-corrected chi connectivity index (χ3v) is 11.5. The van der Waals surface area contributed by atoms with Gasteiger partial charge in [-0.15, -0.1) is 11.8 Å². The van der Waals surface area contributed by atoms with Crippen molar-refractivity contribution < 1.29 is 24.2 Å². The van der Waals surface area contributed by atoms with Gasteiger partial charge >= 0.3 is 12.1 Å². The average Bonchev–Trinajstić information content (AvgIpc) is 3.52. The van der Waals surface area contributed by atoms with Crippen LogP contribution in [0.2, 0.25) is 0 Å². The summed E-state index contributed by atoms with van der Waals surface area (Å²) in [5, 5.41) is 18.6. The fraction of sp³-hybridized carbons (Fsp3) is 0.250. The summed E-state index contributed by atoms with van der Waals surface area (Å²) in [6, 6.07) is 45.6. The molecule has 0 saturated carbocycles. The van der Waals surface area contributed by atoms with Gasteiger partial charge in [-0.25, -0.2) is 9.59 Å². The van der Waals surface area contributed by atoms with Crippen LogP contribution in [0.1, 0.15) is 53.0 Å². The first-order valence-corrected chi connectivity index (χ1v) is 19.0. The lowest BCUT2D eigenvalue weighted by Crippen LogP contribution is -2.45. The molecule has 0 saturated heterocycles. The third-order valence-electron chi connectivity index (χ3n) is 9.83. The first kappa shape index (κ1) is 37.4. The van der Waals surface area contributed by atoms with E-state index < -0.39 is 28.9 Å². The standard InChI is InChI=1S/C44H45N3O5S/c1-45-40(30-53-44(31-17-5-2-6-18-31,32-19-7-3-8-20-32)33-21-9-4-10-22-33)41(48)46-28-16-15-27-39(42(49)50)47-43(51)52-29-38-36-25-13-11-23-34(36)35-24-12-14-26-37(35)38/h2-14,17-26,38-40,45H,15-16,27-30H2,1H3,(H,46,48)(H,47,51)(H,49,50). The quantitative estimate of drug-likeness (QED) is 0.0577. The molecular formula is C44H45N3O5S. The number of benzene rings is 5. The Hall–Kier alpha value is -5.38. The molecule has 2 unspecified atom stereocenters. The monoisotopic (exact) mass is 727 g/mol. The number of nitrogens with one attached hydrogen (secondary N) is 3. The highest BCUT2D eigenvalue weighted by Crippen LogP contribution is 2.49. The van der Waals surface area contributed by atoms with E-state index in [2.05, 4.69) is 64.5 Å². The molecule has 2 amide bonds. The van der Waals surface area contributed by atoms with E-state index in [1.165, 1.54) is 0 Å². The Morgan fingerprint density at radius 3 is 1.68 bits per heavy atom. The number of thioether (sulfide) groups is 1. The minimum Gasteiger partial charge on any atom is -0.480 e. The molecule has 5 aromatic carbocycles. The van der Waals surface area contributed by atoms with Gasteiger partial charge in [-0.05, 0) is 65.3 Å². The van der Waals surface area contributed by atoms with Gasteiger partial charge in [0, 0.05) is 18.2 Å². The molecule has 0 radical (unpaired) electrons. The van der Waals surface area contributed by atoms with E-state index in [0.717, 1.165) is 38.9 Å². The van der Waals surface area contributed by atoms with E-state index in [-0.39, 0.29) is 24.9 Å². The van der Waals surface area contributed by atoms with Crippen LogP contribution in [-0.2, 0) is 19.1 Å². The summed E-state index contributed by atoms with van der Waals surface area (Å²) < 4.78 is 5.02. The number of fused-ring (bicyclic) bond motifs is 3. The zero-order chi connectivity index (χ0) is 37.0. The van der Waals surface area contributed by atoms with Crippen LogP contribution in [0.15, 0.2) is 140 Å². The van der Waals surface area contributed by atoms with E-state index in [0.29, 0.717) is 25.1 Å². The normalized spacial score (nSPS) is 13.3. The molecule has 8 nitrogen and oxygen atoms in total. The van der Waals surface area contributed by atoms with Gasteiger partial charge in [0.05, 0.1) is 10.8 Å². The molecule has 0 fully saturated rings. The molecule has 5 aromatic rings. The van der Waals surface area contributed by atoms with Crippen LogP contribution in [0.4, 0.5) is 4.79 Å². The van der Waals surface area contributed by atoms with Gasteiger partial charge in [0.1, 0.15) is 12.6 Å². The van der Waals surface area contributed by atoms with Crippen molar-refractivity contribution in [2.75, 3.05) is 26.0 Å². The maximum absolute atomic E-state index is 13.4. The second-order valence-electron chi connectivity index (χ2n) is 13.1. The van der Waals surface area contributed by atoms with E-state index in [4.69, 9.17) is 4.74 Å². The zero-order valence-corrected chi connectivity index (χ0v) is 30.6. The SMILES string of the molecule is CNC(CSC(c1ccccc1)(c1ccccc1)c1ccccc1)C(=O)NCCCCC(NC(=O)OCC1c2ccccc2-c2ccccc21)C(=O)O. The van der Waals surface area contributed by atoms with Crippen LogP contribution in [0.3, 0.4) is 0 Å². The Balaban J connectivity index is 1.00. The highest BCUT2D eigenvalue weighted by molar-refractivity contribution is 8.00. The van der Waals surface area contributed by atoms with Crippen molar-refractivity contribution in [1.82, 2.24) is 16.0 Å². The summed E-state index contributed by atoms with van der Waals surface area (Å²) in [5.41, 5.74) is 7.77. The van der Waals surface area contributed by atoms with Gasteiger partial charge in [-0.1, -0.05) is 140 Å². The van der Waals surface area contributed by atoms with E-state index >= 15 is 0 Å². The number of ether oxygens (including phenoxy) is 1. The van der Waals surface area contributed by atoms with Gasteiger partial charge in [0.25, 0.3) is 0 Å². The first-order valence-electron chi connectivity index (χ1n) is 18.0. The predicted molar refractivity (Wildman–Crippen MR) is 211 cm³/mol. The number of rotatable bonds is 17. The van der Waals surface area contributed by atoms with Crippen LogP contribution < -0.4 is 16.0 Å². The van der Waals surface area contributed by atoms with Crippen LogP contribution >= 0.6 is 11.8 Å². The minimum absolute atomic E-state index is 0.103. The lowest BCUT2D eigenvalue weighted by molar-refractivity contribution is -0.139. The summed E-state index contributed by atoms with van der Waals surface area (Å²) in [7, 11) is 1.78. The molecule has 272 valence electrons. The summed E-state index contributed by atoms with van der Waals surface area (Å²) in [4.78, 5) is 38.2. The van der Waals surface area contributed by atoms with Gasteiger partial charge < -0.3 is 25.8 Å². The van der Waals surface area contributed by atoms with Crippen molar-refractivity contribution in [2.45, 2.75) is 42.0 Å². The molecule has 53 heavy (non-hydrogen) atoms. The highest BCUT2D eigenvalue weighted by Gasteiger charge is 2.38. The number of amides is 2. The molecule has 1 aliphatic rings. The van der Waals surface area contributed by atoms with Crippen LogP contribution in [0, 0.1) is 0 Å². The van der Waals surface area contributed by atoms with E-state index in [1.807, 2.05) is 91.0 Å². The van der Waals surface area contributed by atoms with E-state index in [9.17, 15) is 19.5 Å². The van der Waals surface area contributed by atoms with E-state index in [1.54, 1.807) is 18.8 Å². The average molecular weight is 728 g/mol. The Bertz CT molecular complexity index is 1830. The van der Waals surface area contributed by atoms with Crippen molar-refractivity contribution in [3.05, 3.63) is 167 Å². The van der Waals surface area contributed by atoms with Crippen molar-refractivity contribution in [1.29, 1.82) is 0 Å². The molecule has 2 atom stereocenters. The molecule has 0 aliphatic heterocycles. The Morgan fingerprint density at radius 2 is 1.19 bits per heavy atom. The predicted octanol–water partition coefficient (Wildman–Crippen LogP) is 7.58. The van der Waals surface area contributed by atoms with Crippen molar-refractivity contribution in [3.8, 4) is 11.1 Å². The highest BCUT2D eigenvalue weighted by atomic mass is 32.2. The van der Waals surface area contributed by atoms with Crippen molar-refractivity contribution in [2.24, 2.45) is 0 Å². The molecular weight excluding hydrogens is 683 g/mol. The largest absolute Gasteiger partial charge is 0.480 e. The number of alkyl carbamates (subject to hydrolysis) is 1. The summed E-state index contributed by atoms with van der Waals surface area (Å²) in [5.74, 6) is -0.888. The van der Waals surface area contributed by atoms with Crippen molar-refractivity contribution >= 4 is 29.7 Å². The molecule has 6 rings (SSSR count). The molecule has 9 heteroatoms. The number of unbranched alkanes of at least 4 members (excludes halogenated alkanes) is 1. The number of carbonyl (C=O) groups excluding carboxylic acids is 2. The summed E-state index contributed by atoms with van der Waals surface area (Å²) >= 11 is 1.71. The Labute approximate surface area is 315 Å². The number of carbonyl (C=O) groups is 3. The molecule has 0 bridgehead atoms. The second kappa shape index (κ2) is 17.9. The fourth-order valence-corrected chi connectivity index (χ4v) is 8.76. The van der Waals surface area contributed by atoms with Gasteiger partial charge in [-0.2, -0.15) is 0 Å². The maximum Gasteiger partial charge on any atom is 0.407 e. The second-order valence-corrected chi connectivity index (χ2v) is 14.3. The number of hydrogen-bond acceptors (Lipinski definition) is 6. The van der Waals surface area contributed by atoms with Gasteiger partial charge in [0.2, 0.25) is 5.91 Å². The number of carboxylic acid groups (broad SMARTS) is 1. The number of carboxylic acids is 1. The zero-order valence-electron chi connectivity index (χ0n) is 29.7. The minimum atomic E-state index is -1.13. The molecule has 1 aliphatic carbocycles. The summed E-state index contributed by atoms with van der Waals surface area (Å²) in [6.45, 7) is 0.479. The third kappa shape index (κ3) is 8.64. The molecule has 0 spiro atoms. The molecule has 0 heterocycles. The van der Waals surface area contributed by atoms with Gasteiger partial charge in [-0.3, -0.25) is 4.79 Å². The van der Waals surface area contributed by atoms with Crippen LogP contribution in [0.25, 0.3) is 11.1 Å². The number of hydrogen-bond donors (Lipinski definition) is 4. The fourth-order valence-electron chi connectivity index (χ4n) is 7.12. The smallest absolute Gasteiger partial charge is 0.407 e. The van der Waals surface area contributed by atoms with Crippen LogP contribution in [-0.4, -0.2) is 61.1 Å². The maximum atomic E-state index is 13.4. The first-order chi connectivity index (χ1) is 25.9. The van der Waals surface area contributed by atoms with Crippen molar-refractivity contribution in [3.63, 3.8) is 0 Å².